The summed E-state index contributed by atoms with van der Waals surface area (Å²) < 4.78 is 5.28. The Bertz CT molecular complexity index is 1040. The van der Waals surface area contributed by atoms with E-state index in [0.29, 0.717) is 39.3 Å². The van der Waals surface area contributed by atoms with Crippen LogP contribution in [-0.2, 0) is 17.8 Å². The molecule has 180 valence electrons. The minimum absolute atomic E-state index is 0.0628. The van der Waals surface area contributed by atoms with Gasteiger partial charge in [0.05, 0.1) is 18.5 Å². The summed E-state index contributed by atoms with van der Waals surface area (Å²) in [5.74, 6) is 1.01. The van der Waals surface area contributed by atoms with Gasteiger partial charge in [0.15, 0.2) is 0 Å². The molecule has 8 heteroatoms. The molecular weight excluding hydrogens is 466 g/mol. The zero-order valence-electron chi connectivity index (χ0n) is 19.7. The Morgan fingerprint density at radius 1 is 0.971 bits per heavy atom. The first-order chi connectivity index (χ1) is 16.5. The van der Waals surface area contributed by atoms with Crippen LogP contribution in [0.1, 0.15) is 27.0 Å². The summed E-state index contributed by atoms with van der Waals surface area (Å²) in [6.07, 6.45) is 0.907. The van der Waals surface area contributed by atoms with Crippen LogP contribution in [-0.4, -0.2) is 72.4 Å². The van der Waals surface area contributed by atoms with E-state index in [-0.39, 0.29) is 17.9 Å². The van der Waals surface area contributed by atoms with Crippen LogP contribution in [0, 0.1) is 0 Å². The van der Waals surface area contributed by atoms with E-state index in [1.165, 1.54) is 16.2 Å². The summed E-state index contributed by atoms with van der Waals surface area (Å²) in [6.45, 7) is 5.54. The van der Waals surface area contributed by atoms with Crippen LogP contribution in [0.15, 0.2) is 59.3 Å². The lowest BCUT2D eigenvalue weighted by molar-refractivity contribution is -0.134. The first-order valence-corrected chi connectivity index (χ1v) is 13.3. The molecule has 0 saturated carbocycles. The molecule has 1 aromatic carbocycles. The Kier molecular flexibility index (Phi) is 8.37. The molecule has 2 aromatic heterocycles. The molecule has 0 bridgehead atoms. The van der Waals surface area contributed by atoms with Crippen molar-refractivity contribution in [3.8, 4) is 5.75 Å². The molecule has 1 aliphatic rings. The second-order valence-corrected chi connectivity index (χ2v) is 10.5. The molecular formula is C26H31N3O3S2. The third-order valence-corrected chi connectivity index (χ3v) is 7.99. The maximum absolute atomic E-state index is 13.3. The van der Waals surface area contributed by atoms with E-state index in [1.807, 2.05) is 39.4 Å². The van der Waals surface area contributed by atoms with Gasteiger partial charge in [0.25, 0.3) is 5.91 Å². The van der Waals surface area contributed by atoms with E-state index in [4.69, 9.17) is 4.74 Å². The number of carbonyl (C=O) groups excluding carboxylic acids is 2. The fourth-order valence-electron chi connectivity index (χ4n) is 4.17. The molecule has 1 saturated heterocycles. The SMILES string of the molecule is COc1ccc(CN(CC(=O)N2CCN(C(=O)c3cccs3)CC2)C(C)Cc2cccs2)cc1. The van der Waals surface area contributed by atoms with Crippen molar-refractivity contribution in [1.82, 2.24) is 14.7 Å². The Hall–Kier alpha value is -2.68. The predicted molar refractivity (Wildman–Crippen MR) is 138 cm³/mol. The minimum Gasteiger partial charge on any atom is -0.497 e. The van der Waals surface area contributed by atoms with Gasteiger partial charge < -0.3 is 14.5 Å². The molecule has 1 unspecified atom stereocenters. The van der Waals surface area contributed by atoms with Crippen molar-refractivity contribution in [3.63, 3.8) is 0 Å². The van der Waals surface area contributed by atoms with Crippen molar-refractivity contribution in [2.75, 3.05) is 39.8 Å². The second kappa shape index (κ2) is 11.6. The average Bonchev–Trinajstić information content (AvgIpc) is 3.58. The topological polar surface area (TPSA) is 53.1 Å². The Morgan fingerprint density at radius 3 is 2.26 bits per heavy atom. The molecule has 0 spiro atoms. The lowest BCUT2D eigenvalue weighted by atomic mass is 10.1. The fourth-order valence-corrected chi connectivity index (χ4v) is 5.69. The van der Waals surface area contributed by atoms with Gasteiger partial charge in [-0.2, -0.15) is 0 Å². The van der Waals surface area contributed by atoms with Crippen LogP contribution in [0.4, 0.5) is 0 Å². The van der Waals surface area contributed by atoms with E-state index in [0.717, 1.165) is 22.6 Å². The quantitative estimate of drug-likeness (QED) is 0.444. The van der Waals surface area contributed by atoms with Crippen LogP contribution in [0.5, 0.6) is 5.75 Å². The highest BCUT2D eigenvalue weighted by atomic mass is 32.1. The van der Waals surface area contributed by atoms with E-state index in [2.05, 4.69) is 41.5 Å². The molecule has 34 heavy (non-hydrogen) atoms. The third kappa shape index (κ3) is 6.25. The van der Waals surface area contributed by atoms with Crippen LogP contribution in [0.2, 0.25) is 0 Å². The summed E-state index contributed by atoms with van der Waals surface area (Å²) in [4.78, 5) is 34.0. The molecule has 0 aliphatic carbocycles. The molecule has 2 amide bonds. The van der Waals surface area contributed by atoms with Crippen molar-refractivity contribution in [3.05, 3.63) is 74.6 Å². The van der Waals surface area contributed by atoms with Crippen LogP contribution in [0.3, 0.4) is 0 Å². The average molecular weight is 498 g/mol. The fraction of sp³-hybridized carbons (Fsp3) is 0.385. The number of ether oxygens (including phenoxy) is 1. The van der Waals surface area contributed by atoms with Crippen LogP contribution >= 0.6 is 22.7 Å². The molecule has 3 heterocycles. The van der Waals surface area contributed by atoms with Crippen molar-refractivity contribution in [1.29, 1.82) is 0 Å². The molecule has 6 nitrogen and oxygen atoms in total. The molecule has 3 aromatic rings. The van der Waals surface area contributed by atoms with Gasteiger partial charge in [0.2, 0.25) is 5.91 Å². The summed E-state index contributed by atoms with van der Waals surface area (Å²) >= 11 is 3.22. The number of rotatable bonds is 9. The van der Waals surface area contributed by atoms with Crippen molar-refractivity contribution >= 4 is 34.5 Å². The van der Waals surface area contributed by atoms with Crippen LogP contribution < -0.4 is 4.74 Å². The molecule has 1 atom stereocenters. The highest BCUT2D eigenvalue weighted by molar-refractivity contribution is 7.12. The first kappa shape index (κ1) is 24.4. The van der Waals surface area contributed by atoms with Gasteiger partial charge in [-0.3, -0.25) is 14.5 Å². The molecule has 4 rings (SSSR count). The standard InChI is InChI=1S/C26H31N3O3S2/c1-20(17-23-5-3-15-33-23)29(18-21-7-9-22(32-2)10-8-21)19-25(30)27-11-13-28(14-12-27)26(31)24-6-4-16-34-24/h3-10,15-16,20H,11-14,17-19H2,1-2H3. The van der Waals surface area contributed by atoms with Gasteiger partial charge in [-0.25, -0.2) is 0 Å². The number of piperazine rings is 1. The molecule has 1 fully saturated rings. The van der Waals surface area contributed by atoms with E-state index in [9.17, 15) is 9.59 Å². The van der Waals surface area contributed by atoms with Gasteiger partial charge in [-0.05, 0) is 53.9 Å². The number of nitrogens with zero attached hydrogens (tertiary/aromatic N) is 3. The zero-order chi connectivity index (χ0) is 23.9. The first-order valence-electron chi connectivity index (χ1n) is 11.5. The van der Waals surface area contributed by atoms with Gasteiger partial charge in [-0.1, -0.05) is 24.3 Å². The summed E-state index contributed by atoms with van der Waals surface area (Å²) in [5, 5.41) is 4.01. The zero-order valence-corrected chi connectivity index (χ0v) is 21.3. The number of hydrogen-bond acceptors (Lipinski definition) is 6. The maximum atomic E-state index is 13.3. The smallest absolute Gasteiger partial charge is 0.264 e. The Balaban J connectivity index is 1.38. The largest absolute Gasteiger partial charge is 0.497 e. The third-order valence-electron chi connectivity index (χ3n) is 6.23. The number of thiophene rings is 2. The van der Waals surface area contributed by atoms with Gasteiger partial charge in [0, 0.05) is 43.6 Å². The summed E-state index contributed by atoms with van der Waals surface area (Å²) in [6, 6.07) is 16.2. The monoisotopic (exact) mass is 497 g/mol. The van der Waals surface area contributed by atoms with E-state index in [1.54, 1.807) is 18.4 Å². The summed E-state index contributed by atoms with van der Waals surface area (Å²) in [5.41, 5.74) is 1.15. The molecule has 0 N–H and O–H groups in total. The lowest BCUT2D eigenvalue weighted by Crippen LogP contribution is -2.53. The second-order valence-electron chi connectivity index (χ2n) is 8.54. The highest BCUT2D eigenvalue weighted by Gasteiger charge is 2.27. The van der Waals surface area contributed by atoms with Crippen molar-refractivity contribution in [2.24, 2.45) is 0 Å². The predicted octanol–water partition coefficient (Wildman–Crippen LogP) is 4.24. The van der Waals surface area contributed by atoms with Gasteiger partial charge in [-0.15, -0.1) is 22.7 Å². The normalized spacial score (nSPS) is 14.9. The minimum atomic E-state index is 0.0628. The van der Waals surface area contributed by atoms with Crippen LogP contribution in [0.25, 0.3) is 0 Å². The highest BCUT2D eigenvalue weighted by Crippen LogP contribution is 2.19. The number of amides is 2. The van der Waals surface area contributed by atoms with Gasteiger partial charge in [0.1, 0.15) is 5.75 Å². The van der Waals surface area contributed by atoms with E-state index < -0.39 is 0 Å². The van der Waals surface area contributed by atoms with Crippen molar-refractivity contribution < 1.29 is 14.3 Å². The Morgan fingerprint density at radius 2 is 1.65 bits per heavy atom. The maximum Gasteiger partial charge on any atom is 0.264 e. The van der Waals surface area contributed by atoms with E-state index >= 15 is 0 Å². The number of carbonyl (C=O) groups is 2. The lowest BCUT2D eigenvalue weighted by Gasteiger charge is -2.36. The van der Waals surface area contributed by atoms with Crippen molar-refractivity contribution in [2.45, 2.75) is 25.9 Å². The summed E-state index contributed by atoms with van der Waals surface area (Å²) in [7, 11) is 1.66. The number of benzene rings is 1. The molecule has 1 aliphatic heterocycles. The number of hydrogen-bond donors (Lipinski definition) is 0. The molecule has 0 radical (unpaired) electrons. The Labute approximate surface area is 209 Å². The number of methoxy groups -OCH3 is 1. The van der Waals surface area contributed by atoms with Gasteiger partial charge >= 0.3 is 0 Å².